The van der Waals surface area contributed by atoms with Crippen LogP contribution in [0, 0.1) is 6.92 Å². The standard InChI is InChI=1S/C16H18BrN3/c1-11-10-15(12-2-4-14(17)5-3-12)20-16(19-11)13-6-8-18-9-7-13/h2-5,10,13,18H,6-9H2,1H3. The van der Waals surface area contributed by atoms with Gasteiger partial charge in [0.25, 0.3) is 0 Å². The lowest BCUT2D eigenvalue weighted by atomic mass is 9.97. The van der Waals surface area contributed by atoms with Crippen LogP contribution in [0.3, 0.4) is 0 Å². The van der Waals surface area contributed by atoms with Crippen LogP contribution >= 0.6 is 15.9 Å². The van der Waals surface area contributed by atoms with E-state index in [1.165, 1.54) is 0 Å². The molecule has 4 heteroatoms. The predicted octanol–water partition coefficient (Wildman–Crippen LogP) is 3.68. The first-order valence-electron chi connectivity index (χ1n) is 7.04. The summed E-state index contributed by atoms with van der Waals surface area (Å²) in [6, 6.07) is 10.4. The van der Waals surface area contributed by atoms with Crippen LogP contribution in [-0.4, -0.2) is 23.1 Å². The lowest BCUT2D eigenvalue weighted by molar-refractivity contribution is 0.444. The Morgan fingerprint density at radius 1 is 1.10 bits per heavy atom. The summed E-state index contributed by atoms with van der Waals surface area (Å²) in [5.74, 6) is 1.50. The molecular formula is C16H18BrN3. The number of halogens is 1. The van der Waals surface area contributed by atoms with E-state index in [1.54, 1.807) is 0 Å². The molecule has 0 unspecified atom stereocenters. The van der Waals surface area contributed by atoms with Gasteiger partial charge in [-0.25, -0.2) is 9.97 Å². The second kappa shape index (κ2) is 6.02. The summed E-state index contributed by atoms with van der Waals surface area (Å²) in [6.07, 6.45) is 2.26. The molecule has 1 saturated heterocycles. The van der Waals surface area contributed by atoms with Crippen LogP contribution in [0.1, 0.15) is 30.3 Å². The fraction of sp³-hybridized carbons (Fsp3) is 0.375. The molecular weight excluding hydrogens is 314 g/mol. The Balaban J connectivity index is 1.95. The highest BCUT2D eigenvalue weighted by molar-refractivity contribution is 9.10. The Bertz CT molecular complexity index is 589. The largest absolute Gasteiger partial charge is 0.317 e. The van der Waals surface area contributed by atoms with Crippen molar-refractivity contribution in [1.29, 1.82) is 0 Å². The molecule has 0 radical (unpaired) electrons. The number of hydrogen-bond donors (Lipinski definition) is 1. The SMILES string of the molecule is Cc1cc(-c2ccc(Br)cc2)nc(C2CCNCC2)n1. The first-order chi connectivity index (χ1) is 9.72. The van der Waals surface area contributed by atoms with E-state index in [-0.39, 0.29) is 0 Å². The van der Waals surface area contributed by atoms with Crippen molar-refractivity contribution in [2.75, 3.05) is 13.1 Å². The van der Waals surface area contributed by atoms with Gasteiger partial charge in [0.2, 0.25) is 0 Å². The van der Waals surface area contributed by atoms with E-state index >= 15 is 0 Å². The van der Waals surface area contributed by atoms with Crippen LogP contribution < -0.4 is 5.32 Å². The van der Waals surface area contributed by atoms with Gasteiger partial charge in [-0.1, -0.05) is 28.1 Å². The summed E-state index contributed by atoms with van der Waals surface area (Å²) in [4.78, 5) is 9.46. The molecule has 0 amide bonds. The van der Waals surface area contributed by atoms with E-state index < -0.39 is 0 Å². The van der Waals surface area contributed by atoms with Gasteiger partial charge in [-0.2, -0.15) is 0 Å². The number of benzene rings is 1. The van der Waals surface area contributed by atoms with Gasteiger partial charge in [0.15, 0.2) is 0 Å². The molecule has 0 atom stereocenters. The highest BCUT2D eigenvalue weighted by Crippen LogP contribution is 2.26. The van der Waals surface area contributed by atoms with Crippen LogP contribution in [-0.2, 0) is 0 Å². The highest BCUT2D eigenvalue weighted by Gasteiger charge is 2.18. The van der Waals surface area contributed by atoms with Crippen LogP contribution in [0.15, 0.2) is 34.8 Å². The number of rotatable bonds is 2. The molecule has 104 valence electrons. The summed E-state index contributed by atoms with van der Waals surface area (Å²) >= 11 is 3.47. The minimum absolute atomic E-state index is 0.491. The zero-order valence-electron chi connectivity index (χ0n) is 11.6. The molecule has 1 N–H and O–H groups in total. The third kappa shape index (κ3) is 3.07. The predicted molar refractivity (Wildman–Crippen MR) is 84.7 cm³/mol. The number of aromatic nitrogens is 2. The van der Waals surface area contributed by atoms with Crippen molar-refractivity contribution in [3.63, 3.8) is 0 Å². The topological polar surface area (TPSA) is 37.8 Å². The van der Waals surface area contributed by atoms with E-state index in [0.29, 0.717) is 5.92 Å². The molecule has 1 aliphatic heterocycles. The minimum atomic E-state index is 0.491. The van der Waals surface area contributed by atoms with Crippen molar-refractivity contribution in [3.8, 4) is 11.3 Å². The monoisotopic (exact) mass is 331 g/mol. The molecule has 20 heavy (non-hydrogen) atoms. The number of aryl methyl sites for hydroxylation is 1. The molecule has 3 rings (SSSR count). The lowest BCUT2D eigenvalue weighted by Crippen LogP contribution is -2.27. The van der Waals surface area contributed by atoms with E-state index in [2.05, 4.69) is 63.5 Å². The number of hydrogen-bond acceptors (Lipinski definition) is 3. The van der Waals surface area contributed by atoms with Crippen molar-refractivity contribution >= 4 is 15.9 Å². The maximum atomic E-state index is 4.80. The highest BCUT2D eigenvalue weighted by atomic mass is 79.9. The molecule has 0 spiro atoms. The third-order valence-corrected chi connectivity index (χ3v) is 4.24. The Morgan fingerprint density at radius 2 is 1.80 bits per heavy atom. The second-order valence-corrected chi connectivity index (χ2v) is 6.20. The van der Waals surface area contributed by atoms with E-state index in [9.17, 15) is 0 Å². The van der Waals surface area contributed by atoms with Crippen molar-refractivity contribution < 1.29 is 0 Å². The zero-order chi connectivity index (χ0) is 13.9. The van der Waals surface area contributed by atoms with Crippen molar-refractivity contribution in [1.82, 2.24) is 15.3 Å². The normalized spacial score (nSPS) is 16.3. The Kier molecular flexibility index (Phi) is 4.13. The summed E-state index contributed by atoms with van der Waals surface area (Å²) in [6.45, 7) is 4.18. The third-order valence-electron chi connectivity index (χ3n) is 3.72. The fourth-order valence-corrected chi connectivity index (χ4v) is 2.89. The molecule has 2 heterocycles. The van der Waals surface area contributed by atoms with E-state index in [0.717, 1.165) is 53.2 Å². The van der Waals surface area contributed by atoms with Gasteiger partial charge < -0.3 is 5.32 Å². The van der Waals surface area contributed by atoms with E-state index in [4.69, 9.17) is 4.98 Å². The van der Waals surface area contributed by atoms with Gasteiger partial charge in [-0.05, 0) is 51.1 Å². The smallest absolute Gasteiger partial charge is 0.132 e. The Labute approximate surface area is 128 Å². The van der Waals surface area contributed by atoms with Gasteiger partial charge >= 0.3 is 0 Å². The lowest BCUT2D eigenvalue weighted by Gasteiger charge is -2.22. The zero-order valence-corrected chi connectivity index (χ0v) is 13.2. The summed E-state index contributed by atoms with van der Waals surface area (Å²) in [5.41, 5.74) is 3.22. The maximum Gasteiger partial charge on any atom is 0.132 e. The average molecular weight is 332 g/mol. The van der Waals surface area contributed by atoms with Crippen LogP contribution in [0.5, 0.6) is 0 Å². The quantitative estimate of drug-likeness (QED) is 0.912. The van der Waals surface area contributed by atoms with Crippen molar-refractivity contribution in [3.05, 3.63) is 46.3 Å². The Morgan fingerprint density at radius 3 is 2.50 bits per heavy atom. The molecule has 0 bridgehead atoms. The molecule has 3 nitrogen and oxygen atoms in total. The van der Waals surface area contributed by atoms with Crippen molar-refractivity contribution in [2.24, 2.45) is 0 Å². The number of nitrogens with one attached hydrogen (secondary N) is 1. The van der Waals surface area contributed by atoms with Gasteiger partial charge in [-0.15, -0.1) is 0 Å². The van der Waals surface area contributed by atoms with Crippen LogP contribution in [0.2, 0.25) is 0 Å². The van der Waals surface area contributed by atoms with Gasteiger partial charge in [0.1, 0.15) is 5.82 Å². The number of piperidine rings is 1. The molecule has 1 fully saturated rings. The Hall–Kier alpha value is -1.26. The first-order valence-corrected chi connectivity index (χ1v) is 7.84. The summed E-state index contributed by atoms with van der Waals surface area (Å²) in [7, 11) is 0. The van der Waals surface area contributed by atoms with Gasteiger partial charge in [0, 0.05) is 21.6 Å². The summed E-state index contributed by atoms with van der Waals surface area (Å²) < 4.78 is 1.09. The average Bonchev–Trinajstić information content (AvgIpc) is 2.48. The molecule has 0 saturated carbocycles. The van der Waals surface area contributed by atoms with Crippen LogP contribution in [0.25, 0.3) is 11.3 Å². The summed E-state index contributed by atoms with van der Waals surface area (Å²) in [5, 5.41) is 3.39. The molecule has 1 aliphatic rings. The molecule has 2 aromatic rings. The van der Waals surface area contributed by atoms with E-state index in [1.807, 2.05) is 0 Å². The van der Waals surface area contributed by atoms with Crippen molar-refractivity contribution in [2.45, 2.75) is 25.7 Å². The number of nitrogens with zero attached hydrogens (tertiary/aromatic N) is 2. The van der Waals surface area contributed by atoms with Crippen LogP contribution in [0.4, 0.5) is 0 Å². The molecule has 0 aliphatic carbocycles. The van der Waals surface area contributed by atoms with Gasteiger partial charge in [-0.3, -0.25) is 0 Å². The fourth-order valence-electron chi connectivity index (χ4n) is 2.62. The molecule has 1 aromatic heterocycles. The van der Waals surface area contributed by atoms with Gasteiger partial charge in [0.05, 0.1) is 5.69 Å². The molecule has 1 aromatic carbocycles. The maximum absolute atomic E-state index is 4.80. The minimum Gasteiger partial charge on any atom is -0.317 e. The first kappa shape index (κ1) is 13.7. The second-order valence-electron chi connectivity index (χ2n) is 5.28.